The largest absolute Gasteiger partial charge is 0.324 e. The van der Waals surface area contributed by atoms with Gasteiger partial charge in [0.2, 0.25) is 5.91 Å². The van der Waals surface area contributed by atoms with E-state index >= 15 is 0 Å². The molecule has 4 heteroatoms. The molecule has 1 aliphatic carbocycles. The third kappa shape index (κ3) is 5.05. The predicted molar refractivity (Wildman–Crippen MR) is 104 cm³/mol. The highest BCUT2D eigenvalue weighted by molar-refractivity contribution is 5.95. The number of nitrogens with one attached hydrogen (secondary N) is 1. The van der Waals surface area contributed by atoms with Crippen molar-refractivity contribution >= 4 is 11.6 Å². The average molecular weight is 344 g/mol. The van der Waals surface area contributed by atoms with Crippen LogP contribution in [0.25, 0.3) is 0 Å². The van der Waals surface area contributed by atoms with Gasteiger partial charge in [0.15, 0.2) is 0 Å². The zero-order chi connectivity index (χ0) is 17.6. The molecule has 4 nitrogen and oxygen atoms in total. The second-order valence-corrected chi connectivity index (χ2v) is 7.82. The molecule has 1 aliphatic heterocycles. The van der Waals surface area contributed by atoms with Gasteiger partial charge in [0.05, 0.1) is 6.04 Å². The van der Waals surface area contributed by atoms with Gasteiger partial charge in [0.1, 0.15) is 0 Å². The molecule has 1 atom stereocenters. The van der Waals surface area contributed by atoms with Crippen molar-refractivity contribution in [2.24, 2.45) is 5.92 Å². The van der Waals surface area contributed by atoms with Gasteiger partial charge in [-0.15, -0.1) is 0 Å². The van der Waals surface area contributed by atoms with Crippen LogP contribution in [0.15, 0.2) is 24.3 Å². The van der Waals surface area contributed by atoms with E-state index in [9.17, 15) is 4.79 Å². The molecule has 2 aliphatic rings. The van der Waals surface area contributed by atoms with E-state index in [0.29, 0.717) is 0 Å². The molecule has 0 aromatic heterocycles. The molecule has 2 fully saturated rings. The number of aryl methyl sites for hydroxylation is 1. The molecular weight excluding hydrogens is 310 g/mol. The van der Waals surface area contributed by atoms with Crippen molar-refractivity contribution in [2.45, 2.75) is 52.0 Å². The van der Waals surface area contributed by atoms with Crippen LogP contribution in [0.4, 0.5) is 5.69 Å². The summed E-state index contributed by atoms with van der Waals surface area (Å²) in [7, 11) is 0. The molecule has 3 rings (SSSR count). The number of hydrogen-bond acceptors (Lipinski definition) is 3. The van der Waals surface area contributed by atoms with E-state index in [1.807, 2.05) is 38.1 Å². The van der Waals surface area contributed by atoms with Gasteiger partial charge in [0, 0.05) is 38.4 Å². The molecule has 1 N–H and O–H groups in total. The number of carbonyl (C=O) groups is 1. The van der Waals surface area contributed by atoms with Gasteiger partial charge in [-0.2, -0.15) is 0 Å². The fourth-order valence-corrected chi connectivity index (χ4v) is 4.18. The first-order valence-corrected chi connectivity index (χ1v) is 9.96. The van der Waals surface area contributed by atoms with Gasteiger partial charge < -0.3 is 10.2 Å². The number of amides is 1. The lowest BCUT2D eigenvalue weighted by molar-refractivity contribution is -0.121. The Morgan fingerprint density at radius 1 is 1.12 bits per heavy atom. The SMILES string of the molecule is Cc1ccccc1NC(=O)C(C)N1CCN(CC2CCCCC2)CC1. The lowest BCUT2D eigenvalue weighted by Crippen LogP contribution is -2.53. The first-order valence-electron chi connectivity index (χ1n) is 9.96. The van der Waals surface area contributed by atoms with Gasteiger partial charge in [-0.1, -0.05) is 37.5 Å². The molecule has 0 bridgehead atoms. The summed E-state index contributed by atoms with van der Waals surface area (Å²) >= 11 is 0. The zero-order valence-corrected chi connectivity index (χ0v) is 15.8. The Bertz CT molecular complexity index is 560. The Balaban J connectivity index is 1.45. The predicted octanol–water partition coefficient (Wildman–Crippen LogP) is 3.52. The zero-order valence-electron chi connectivity index (χ0n) is 15.8. The maximum Gasteiger partial charge on any atom is 0.241 e. The Kier molecular flexibility index (Phi) is 6.49. The number of para-hydroxylation sites is 1. The fourth-order valence-electron chi connectivity index (χ4n) is 4.18. The lowest BCUT2D eigenvalue weighted by atomic mass is 9.89. The highest BCUT2D eigenvalue weighted by Gasteiger charge is 2.27. The van der Waals surface area contributed by atoms with Gasteiger partial charge in [0.25, 0.3) is 0 Å². The highest BCUT2D eigenvalue weighted by atomic mass is 16.2. The van der Waals surface area contributed by atoms with Crippen LogP contribution in [0.2, 0.25) is 0 Å². The molecule has 0 radical (unpaired) electrons. The first kappa shape index (κ1) is 18.4. The minimum Gasteiger partial charge on any atom is -0.324 e. The number of benzene rings is 1. The summed E-state index contributed by atoms with van der Waals surface area (Å²) in [4.78, 5) is 17.5. The second kappa shape index (κ2) is 8.81. The van der Waals surface area contributed by atoms with Crippen molar-refractivity contribution < 1.29 is 4.79 Å². The Labute approximate surface area is 152 Å². The summed E-state index contributed by atoms with van der Waals surface area (Å²) in [6.45, 7) is 9.51. The topological polar surface area (TPSA) is 35.6 Å². The quantitative estimate of drug-likeness (QED) is 0.888. The average Bonchev–Trinajstić information content (AvgIpc) is 2.64. The van der Waals surface area contributed by atoms with E-state index in [0.717, 1.165) is 43.3 Å². The van der Waals surface area contributed by atoms with Crippen molar-refractivity contribution in [3.05, 3.63) is 29.8 Å². The third-order valence-electron chi connectivity index (χ3n) is 5.98. The highest BCUT2D eigenvalue weighted by Crippen LogP contribution is 2.25. The van der Waals surface area contributed by atoms with Crippen LogP contribution in [0, 0.1) is 12.8 Å². The minimum atomic E-state index is -0.0727. The first-order chi connectivity index (χ1) is 12.1. The van der Waals surface area contributed by atoms with Gasteiger partial charge >= 0.3 is 0 Å². The molecule has 25 heavy (non-hydrogen) atoms. The summed E-state index contributed by atoms with van der Waals surface area (Å²) in [5.41, 5.74) is 2.04. The van der Waals surface area contributed by atoms with E-state index in [1.165, 1.54) is 38.6 Å². The normalized spacial score (nSPS) is 21.8. The smallest absolute Gasteiger partial charge is 0.241 e. The van der Waals surface area contributed by atoms with Crippen LogP contribution in [-0.2, 0) is 4.79 Å². The maximum absolute atomic E-state index is 12.6. The van der Waals surface area contributed by atoms with Crippen LogP contribution >= 0.6 is 0 Å². The Hall–Kier alpha value is -1.39. The monoisotopic (exact) mass is 343 g/mol. The molecule has 1 aromatic rings. The molecule has 138 valence electrons. The number of anilines is 1. The number of nitrogens with zero attached hydrogens (tertiary/aromatic N) is 2. The molecule has 1 saturated carbocycles. The fraction of sp³-hybridized carbons (Fsp3) is 0.667. The molecule has 1 aromatic carbocycles. The van der Waals surface area contributed by atoms with Crippen LogP contribution < -0.4 is 5.32 Å². The number of carbonyl (C=O) groups excluding carboxylic acids is 1. The van der Waals surface area contributed by atoms with Crippen molar-refractivity contribution in [3.8, 4) is 0 Å². The summed E-state index contributed by atoms with van der Waals surface area (Å²) in [6, 6.07) is 7.90. The van der Waals surface area contributed by atoms with Crippen LogP contribution in [-0.4, -0.2) is 54.5 Å². The van der Waals surface area contributed by atoms with Crippen molar-refractivity contribution in [1.29, 1.82) is 0 Å². The maximum atomic E-state index is 12.6. The summed E-state index contributed by atoms with van der Waals surface area (Å²) < 4.78 is 0. The summed E-state index contributed by atoms with van der Waals surface area (Å²) in [5.74, 6) is 1.01. The van der Waals surface area contributed by atoms with Crippen molar-refractivity contribution in [1.82, 2.24) is 9.80 Å². The molecular formula is C21H33N3O. The number of hydrogen-bond donors (Lipinski definition) is 1. The van der Waals surface area contributed by atoms with E-state index in [4.69, 9.17) is 0 Å². The van der Waals surface area contributed by atoms with E-state index in [1.54, 1.807) is 0 Å². The minimum absolute atomic E-state index is 0.0727. The van der Waals surface area contributed by atoms with Crippen molar-refractivity contribution in [3.63, 3.8) is 0 Å². The Morgan fingerprint density at radius 3 is 2.48 bits per heavy atom. The molecule has 1 amide bonds. The second-order valence-electron chi connectivity index (χ2n) is 7.82. The van der Waals surface area contributed by atoms with E-state index in [2.05, 4.69) is 15.1 Å². The van der Waals surface area contributed by atoms with Crippen LogP contribution in [0.3, 0.4) is 0 Å². The standard InChI is InChI=1S/C21H33N3O/c1-17-8-6-7-11-20(17)22-21(25)18(2)24-14-12-23(13-15-24)16-19-9-4-3-5-10-19/h6-8,11,18-19H,3-5,9-10,12-16H2,1-2H3,(H,22,25). The third-order valence-corrected chi connectivity index (χ3v) is 5.98. The lowest BCUT2D eigenvalue weighted by Gasteiger charge is -2.39. The van der Waals surface area contributed by atoms with Crippen molar-refractivity contribution in [2.75, 3.05) is 38.0 Å². The molecule has 0 spiro atoms. The van der Waals surface area contributed by atoms with Gasteiger partial charge in [-0.3, -0.25) is 9.69 Å². The molecule has 1 heterocycles. The van der Waals surface area contributed by atoms with Crippen LogP contribution in [0.5, 0.6) is 0 Å². The molecule has 1 saturated heterocycles. The Morgan fingerprint density at radius 2 is 1.80 bits per heavy atom. The summed E-state index contributed by atoms with van der Waals surface area (Å²) in [6.07, 6.45) is 7.09. The molecule has 1 unspecified atom stereocenters. The number of rotatable bonds is 5. The van der Waals surface area contributed by atoms with E-state index in [-0.39, 0.29) is 11.9 Å². The van der Waals surface area contributed by atoms with Gasteiger partial charge in [-0.25, -0.2) is 0 Å². The van der Waals surface area contributed by atoms with Gasteiger partial charge in [-0.05, 0) is 44.2 Å². The van der Waals surface area contributed by atoms with Crippen LogP contribution in [0.1, 0.15) is 44.6 Å². The summed E-state index contributed by atoms with van der Waals surface area (Å²) in [5, 5.41) is 3.09. The van der Waals surface area contributed by atoms with E-state index < -0.39 is 0 Å². The number of piperazine rings is 1.